The van der Waals surface area contributed by atoms with Crippen molar-refractivity contribution in [2.75, 3.05) is 5.32 Å². The molecule has 0 radical (unpaired) electrons. The van der Waals surface area contributed by atoms with Gasteiger partial charge in [0.2, 0.25) is 5.91 Å². The van der Waals surface area contributed by atoms with Gasteiger partial charge in [-0.15, -0.1) is 0 Å². The molecule has 148 valence electrons. The van der Waals surface area contributed by atoms with Gasteiger partial charge in [-0.3, -0.25) is 4.79 Å². The zero-order valence-electron chi connectivity index (χ0n) is 15.4. The summed E-state index contributed by atoms with van der Waals surface area (Å²) in [6.07, 6.45) is -0.395. The van der Waals surface area contributed by atoms with E-state index in [1.165, 1.54) is 13.0 Å². The third-order valence-corrected chi connectivity index (χ3v) is 4.72. The molecule has 0 fully saturated rings. The zero-order valence-corrected chi connectivity index (χ0v) is 16.1. The Bertz CT molecular complexity index is 1190. The zero-order chi connectivity index (χ0) is 20.5. The molecular weight excluding hydrogens is 398 g/mol. The predicted molar refractivity (Wildman–Crippen MR) is 106 cm³/mol. The second kappa shape index (κ2) is 7.60. The fourth-order valence-electron chi connectivity index (χ4n) is 3.22. The summed E-state index contributed by atoms with van der Waals surface area (Å²) in [5.74, 6) is -0.170. The highest BCUT2D eigenvalue weighted by Gasteiger charge is 2.30. The van der Waals surface area contributed by atoms with Crippen molar-refractivity contribution in [3.8, 4) is 5.75 Å². The Morgan fingerprint density at radius 2 is 2.03 bits per heavy atom. The summed E-state index contributed by atoms with van der Waals surface area (Å²) < 4.78 is 16.2. The average Bonchev–Trinajstić information content (AvgIpc) is 3.08. The predicted octanol–water partition coefficient (Wildman–Crippen LogP) is 3.45. The molecule has 1 aliphatic heterocycles. The van der Waals surface area contributed by atoms with Crippen LogP contribution in [0.15, 0.2) is 51.7 Å². The Morgan fingerprint density at radius 1 is 1.21 bits per heavy atom. The molecule has 1 unspecified atom stereocenters. The van der Waals surface area contributed by atoms with Gasteiger partial charge in [-0.05, 0) is 35.9 Å². The molecule has 0 aliphatic carbocycles. The van der Waals surface area contributed by atoms with Gasteiger partial charge in [0, 0.05) is 47.1 Å². The van der Waals surface area contributed by atoms with Gasteiger partial charge in [-0.1, -0.05) is 11.6 Å². The molecule has 0 bridgehead atoms. The number of rotatable bonds is 4. The molecule has 1 atom stereocenters. The Kier molecular flexibility index (Phi) is 4.98. The van der Waals surface area contributed by atoms with E-state index in [0.29, 0.717) is 33.8 Å². The maximum absolute atomic E-state index is 12.4. The first kappa shape index (κ1) is 19.0. The van der Waals surface area contributed by atoms with Crippen LogP contribution in [0.5, 0.6) is 5.75 Å². The van der Waals surface area contributed by atoms with Gasteiger partial charge >= 0.3 is 11.6 Å². The monoisotopic (exact) mass is 413 g/mol. The summed E-state index contributed by atoms with van der Waals surface area (Å²) in [6.45, 7) is 1.27. The molecule has 4 rings (SSSR count). The lowest BCUT2D eigenvalue weighted by Gasteiger charge is -2.12. The minimum atomic E-state index is -0.763. The van der Waals surface area contributed by atoms with Crippen LogP contribution in [0.1, 0.15) is 18.1 Å². The summed E-state index contributed by atoms with van der Waals surface area (Å²) in [6, 6.07) is 11.4. The summed E-state index contributed by atoms with van der Waals surface area (Å²) in [7, 11) is 0. The first-order valence-corrected chi connectivity index (χ1v) is 9.23. The van der Waals surface area contributed by atoms with E-state index < -0.39 is 17.7 Å². The van der Waals surface area contributed by atoms with E-state index in [4.69, 9.17) is 25.5 Å². The molecule has 0 saturated heterocycles. The Hall–Kier alpha value is -3.32. The van der Waals surface area contributed by atoms with Gasteiger partial charge in [0.25, 0.3) is 0 Å². The molecule has 2 aromatic carbocycles. The smallest absolute Gasteiger partial charge is 0.348 e. The first-order valence-electron chi connectivity index (χ1n) is 8.85. The maximum Gasteiger partial charge on any atom is 0.348 e. The largest absolute Gasteiger partial charge is 0.478 e. The van der Waals surface area contributed by atoms with E-state index in [0.717, 1.165) is 5.56 Å². The minimum Gasteiger partial charge on any atom is -0.478 e. The molecule has 1 N–H and O–H groups in total. The van der Waals surface area contributed by atoms with E-state index in [9.17, 15) is 14.4 Å². The molecule has 1 aromatic heterocycles. The van der Waals surface area contributed by atoms with Crippen LogP contribution in [0.25, 0.3) is 11.0 Å². The van der Waals surface area contributed by atoms with E-state index in [-0.39, 0.29) is 18.1 Å². The van der Waals surface area contributed by atoms with Gasteiger partial charge in [-0.2, -0.15) is 0 Å². The molecule has 8 heteroatoms. The van der Waals surface area contributed by atoms with Crippen molar-refractivity contribution in [3.63, 3.8) is 0 Å². The van der Waals surface area contributed by atoms with Gasteiger partial charge in [-0.25, -0.2) is 9.59 Å². The topological polar surface area (TPSA) is 94.8 Å². The molecule has 1 amide bonds. The van der Waals surface area contributed by atoms with Crippen molar-refractivity contribution in [2.45, 2.75) is 26.1 Å². The molecule has 7 nitrogen and oxygen atoms in total. The van der Waals surface area contributed by atoms with Crippen LogP contribution in [-0.4, -0.2) is 18.0 Å². The second-order valence-corrected chi connectivity index (χ2v) is 7.09. The number of halogens is 1. The van der Waals surface area contributed by atoms with E-state index in [2.05, 4.69) is 5.32 Å². The third kappa shape index (κ3) is 4.09. The maximum atomic E-state index is 12.4. The molecule has 0 saturated carbocycles. The van der Waals surface area contributed by atoms with Crippen LogP contribution in [0.3, 0.4) is 0 Å². The van der Waals surface area contributed by atoms with Gasteiger partial charge < -0.3 is 19.2 Å². The van der Waals surface area contributed by atoms with Crippen molar-refractivity contribution in [2.24, 2.45) is 0 Å². The van der Waals surface area contributed by atoms with Crippen LogP contribution in [-0.2, 0) is 27.4 Å². The molecule has 29 heavy (non-hydrogen) atoms. The van der Waals surface area contributed by atoms with Gasteiger partial charge in [0.1, 0.15) is 17.9 Å². The lowest BCUT2D eigenvalue weighted by molar-refractivity contribution is -0.152. The fraction of sp³-hybridized carbons (Fsp3) is 0.190. The lowest BCUT2D eigenvalue weighted by atomic mass is 10.1. The standard InChI is InChI=1S/C21H16ClNO6/c1-11(24)23-15-3-4-16-13(8-20(25)29-18(16)9-15)10-27-21(26)19-7-12-6-14(22)2-5-17(12)28-19/h2-6,8-9,19H,7,10H2,1H3,(H,23,24). The first-order chi connectivity index (χ1) is 13.9. The number of amides is 1. The number of fused-ring (bicyclic) bond motifs is 2. The molecule has 0 spiro atoms. The number of ether oxygens (including phenoxy) is 2. The van der Waals surface area contributed by atoms with Crippen LogP contribution < -0.4 is 15.7 Å². The quantitative estimate of drug-likeness (QED) is 0.520. The number of hydrogen-bond donors (Lipinski definition) is 1. The Labute approximate surface area is 170 Å². The highest BCUT2D eigenvalue weighted by molar-refractivity contribution is 6.30. The fourth-order valence-corrected chi connectivity index (χ4v) is 3.42. The highest BCUT2D eigenvalue weighted by Crippen LogP contribution is 2.31. The van der Waals surface area contributed by atoms with Crippen LogP contribution in [0.4, 0.5) is 5.69 Å². The van der Waals surface area contributed by atoms with E-state index >= 15 is 0 Å². The number of hydrogen-bond acceptors (Lipinski definition) is 6. The Morgan fingerprint density at radius 3 is 2.83 bits per heavy atom. The number of carbonyl (C=O) groups is 2. The number of nitrogens with one attached hydrogen (secondary N) is 1. The molecule has 2 heterocycles. The van der Waals surface area contributed by atoms with E-state index in [1.807, 2.05) is 0 Å². The molecule has 3 aromatic rings. The molecular formula is C21H16ClNO6. The van der Waals surface area contributed by atoms with Crippen LogP contribution in [0.2, 0.25) is 5.02 Å². The highest BCUT2D eigenvalue weighted by atomic mass is 35.5. The summed E-state index contributed by atoms with van der Waals surface area (Å²) in [4.78, 5) is 35.5. The van der Waals surface area contributed by atoms with E-state index in [1.54, 1.807) is 36.4 Å². The van der Waals surface area contributed by atoms with Crippen LogP contribution in [0, 0.1) is 0 Å². The minimum absolute atomic E-state index is 0.114. The SMILES string of the molecule is CC(=O)Nc1ccc2c(COC(=O)C3Cc4cc(Cl)ccc4O3)cc(=O)oc2c1. The van der Waals surface area contributed by atoms with Crippen LogP contribution >= 0.6 is 11.6 Å². The van der Waals surface area contributed by atoms with Crippen molar-refractivity contribution < 1.29 is 23.5 Å². The number of benzene rings is 2. The average molecular weight is 414 g/mol. The van der Waals surface area contributed by atoms with Crippen molar-refractivity contribution in [1.82, 2.24) is 0 Å². The van der Waals surface area contributed by atoms with Crippen molar-refractivity contribution in [1.29, 1.82) is 0 Å². The summed E-state index contributed by atoms with van der Waals surface area (Å²) >= 11 is 5.97. The van der Waals surface area contributed by atoms with Crippen molar-refractivity contribution >= 4 is 40.1 Å². The normalized spacial score (nSPS) is 14.9. The van der Waals surface area contributed by atoms with Gasteiger partial charge in [0.05, 0.1) is 0 Å². The number of esters is 1. The summed E-state index contributed by atoms with van der Waals surface area (Å²) in [5, 5.41) is 3.80. The Balaban J connectivity index is 1.50. The van der Waals surface area contributed by atoms with Gasteiger partial charge in [0.15, 0.2) is 6.10 Å². The second-order valence-electron chi connectivity index (χ2n) is 6.65. The molecule has 1 aliphatic rings. The third-order valence-electron chi connectivity index (χ3n) is 4.48. The summed E-state index contributed by atoms with van der Waals surface area (Å²) in [5.41, 5.74) is 1.54. The van der Waals surface area contributed by atoms with Crippen molar-refractivity contribution in [3.05, 3.63) is 69.0 Å². The number of carbonyl (C=O) groups excluding carboxylic acids is 2. The lowest BCUT2D eigenvalue weighted by Crippen LogP contribution is -2.27. The number of anilines is 1.